The molecule has 1 aliphatic heterocycles. The average molecular weight is 281 g/mol. The molecular formula is C14H23N3OS. The van der Waals surface area contributed by atoms with E-state index in [1.165, 1.54) is 17.8 Å². The smallest absolute Gasteiger partial charge is 0.265 e. The number of carbonyl (C=O) groups excluding carboxylic acids is 1. The summed E-state index contributed by atoms with van der Waals surface area (Å²) < 4.78 is 0. The van der Waals surface area contributed by atoms with Gasteiger partial charge in [-0.05, 0) is 38.0 Å². The van der Waals surface area contributed by atoms with Gasteiger partial charge in [-0.2, -0.15) is 0 Å². The Hall–Kier alpha value is -1.10. The molecule has 1 aliphatic rings. The maximum absolute atomic E-state index is 12.5. The molecule has 1 fully saturated rings. The Morgan fingerprint density at radius 2 is 2.16 bits per heavy atom. The van der Waals surface area contributed by atoms with E-state index in [1.807, 2.05) is 11.8 Å². The summed E-state index contributed by atoms with van der Waals surface area (Å²) in [5, 5.41) is 0.482. The second kappa shape index (κ2) is 5.90. The van der Waals surface area contributed by atoms with Gasteiger partial charge in [0.15, 0.2) is 5.13 Å². The minimum Gasteiger partial charge on any atom is -0.375 e. The van der Waals surface area contributed by atoms with Crippen LogP contribution in [0.1, 0.15) is 48.5 Å². The lowest BCUT2D eigenvalue weighted by molar-refractivity contribution is 0.0762. The van der Waals surface area contributed by atoms with Crippen LogP contribution in [0.4, 0.5) is 5.13 Å². The predicted molar refractivity (Wildman–Crippen MR) is 79.3 cm³/mol. The Bertz CT molecular complexity index is 456. The van der Waals surface area contributed by atoms with E-state index in [4.69, 9.17) is 5.73 Å². The quantitative estimate of drug-likeness (QED) is 0.906. The van der Waals surface area contributed by atoms with Crippen molar-refractivity contribution in [2.24, 2.45) is 11.8 Å². The number of hydrogen-bond donors (Lipinski definition) is 1. The standard InChI is InChI=1S/C14H23N3OS/c1-9(2)11-5-4-7-17(8-6-11)13(18)12-10(3)16-14(15)19-12/h9,11H,4-8H2,1-3H3,(H2,15,16). The number of nitrogens with two attached hydrogens (primary N) is 1. The van der Waals surface area contributed by atoms with Gasteiger partial charge in [0.05, 0.1) is 5.69 Å². The fourth-order valence-electron chi connectivity index (χ4n) is 2.75. The van der Waals surface area contributed by atoms with Crippen molar-refractivity contribution in [2.45, 2.75) is 40.0 Å². The Balaban J connectivity index is 2.06. The van der Waals surface area contributed by atoms with Gasteiger partial charge in [0.2, 0.25) is 0 Å². The molecule has 19 heavy (non-hydrogen) atoms. The fraction of sp³-hybridized carbons (Fsp3) is 0.714. The zero-order valence-electron chi connectivity index (χ0n) is 12.0. The zero-order valence-corrected chi connectivity index (χ0v) is 12.8. The van der Waals surface area contributed by atoms with Crippen LogP contribution in [0.3, 0.4) is 0 Å². The minimum absolute atomic E-state index is 0.108. The summed E-state index contributed by atoms with van der Waals surface area (Å²) in [5.74, 6) is 1.55. The highest BCUT2D eigenvalue weighted by molar-refractivity contribution is 7.17. The van der Waals surface area contributed by atoms with Gasteiger partial charge in [0.1, 0.15) is 4.88 Å². The first-order valence-electron chi connectivity index (χ1n) is 7.01. The molecule has 0 spiro atoms. The number of carbonyl (C=O) groups is 1. The lowest BCUT2D eigenvalue weighted by Gasteiger charge is -2.21. The van der Waals surface area contributed by atoms with Gasteiger partial charge in [-0.15, -0.1) is 0 Å². The largest absolute Gasteiger partial charge is 0.375 e. The number of aryl methyl sites for hydroxylation is 1. The van der Waals surface area contributed by atoms with Crippen LogP contribution in [0.15, 0.2) is 0 Å². The molecule has 2 heterocycles. The van der Waals surface area contributed by atoms with E-state index in [0.717, 1.165) is 37.5 Å². The molecule has 1 amide bonds. The van der Waals surface area contributed by atoms with E-state index in [-0.39, 0.29) is 5.91 Å². The number of thiazole rings is 1. The molecule has 2 rings (SSSR count). The number of rotatable bonds is 2. The number of nitrogens with zero attached hydrogens (tertiary/aromatic N) is 2. The zero-order chi connectivity index (χ0) is 14.0. The highest BCUT2D eigenvalue weighted by Gasteiger charge is 2.25. The molecule has 0 radical (unpaired) electrons. The summed E-state index contributed by atoms with van der Waals surface area (Å²) in [6.45, 7) is 8.12. The first-order valence-corrected chi connectivity index (χ1v) is 7.83. The molecule has 1 atom stereocenters. The average Bonchev–Trinajstić information content (AvgIpc) is 2.57. The van der Waals surface area contributed by atoms with Gasteiger partial charge < -0.3 is 10.6 Å². The topological polar surface area (TPSA) is 59.2 Å². The summed E-state index contributed by atoms with van der Waals surface area (Å²) in [4.78, 5) is 19.3. The number of amides is 1. The summed E-state index contributed by atoms with van der Waals surface area (Å²) in [7, 11) is 0. The summed E-state index contributed by atoms with van der Waals surface area (Å²) in [6, 6.07) is 0. The van der Waals surface area contributed by atoms with Crippen LogP contribution >= 0.6 is 11.3 Å². The maximum Gasteiger partial charge on any atom is 0.265 e. The van der Waals surface area contributed by atoms with Crippen molar-refractivity contribution >= 4 is 22.4 Å². The molecule has 2 N–H and O–H groups in total. The molecule has 0 aliphatic carbocycles. The molecule has 1 unspecified atom stereocenters. The lowest BCUT2D eigenvalue weighted by Crippen LogP contribution is -2.32. The Labute approximate surface area is 119 Å². The molecule has 0 aromatic carbocycles. The predicted octanol–water partition coefficient (Wildman–Crippen LogP) is 2.93. The highest BCUT2D eigenvalue weighted by atomic mass is 32.1. The van der Waals surface area contributed by atoms with Crippen LogP contribution in [0.2, 0.25) is 0 Å². The summed E-state index contributed by atoms with van der Waals surface area (Å²) in [6.07, 6.45) is 3.43. The SMILES string of the molecule is Cc1nc(N)sc1C(=O)N1CCCC(C(C)C)CC1. The third-order valence-corrected chi connectivity index (χ3v) is 4.98. The highest BCUT2D eigenvalue weighted by Crippen LogP contribution is 2.27. The second-order valence-corrected chi connectivity index (χ2v) is 6.72. The minimum atomic E-state index is 0.108. The van der Waals surface area contributed by atoms with Crippen molar-refractivity contribution in [1.29, 1.82) is 0 Å². The first kappa shape index (κ1) is 14.3. The lowest BCUT2D eigenvalue weighted by atomic mass is 9.89. The Morgan fingerprint density at radius 3 is 2.74 bits per heavy atom. The van der Waals surface area contributed by atoms with Crippen molar-refractivity contribution in [3.8, 4) is 0 Å². The van der Waals surface area contributed by atoms with Gasteiger partial charge in [0, 0.05) is 13.1 Å². The van der Waals surface area contributed by atoms with Gasteiger partial charge in [-0.3, -0.25) is 4.79 Å². The molecule has 0 bridgehead atoms. The van der Waals surface area contributed by atoms with Crippen molar-refractivity contribution in [3.05, 3.63) is 10.6 Å². The number of hydrogen-bond acceptors (Lipinski definition) is 4. The van der Waals surface area contributed by atoms with Crippen LogP contribution in [0, 0.1) is 18.8 Å². The number of aromatic nitrogens is 1. The van der Waals surface area contributed by atoms with E-state index in [9.17, 15) is 4.79 Å². The van der Waals surface area contributed by atoms with E-state index in [2.05, 4.69) is 18.8 Å². The van der Waals surface area contributed by atoms with E-state index in [0.29, 0.717) is 15.9 Å². The van der Waals surface area contributed by atoms with E-state index >= 15 is 0 Å². The van der Waals surface area contributed by atoms with Crippen molar-refractivity contribution in [3.63, 3.8) is 0 Å². The van der Waals surface area contributed by atoms with Crippen molar-refractivity contribution in [1.82, 2.24) is 9.88 Å². The third-order valence-electron chi connectivity index (χ3n) is 4.01. The molecule has 1 aromatic heterocycles. The molecule has 4 nitrogen and oxygen atoms in total. The van der Waals surface area contributed by atoms with Crippen molar-refractivity contribution < 1.29 is 4.79 Å². The Morgan fingerprint density at radius 1 is 1.42 bits per heavy atom. The van der Waals surface area contributed by atoms with E-state index in [1.54, 1.807) is 0 Å². The first-order chi connectivity index (χ1) is 8.99. The summed E-state index contributed by atoms with van der Waals surface area (Å²) >= 11 is 1.31. The number of nitrogen functional groups attached to an aromatic ring is 1. The van der Waals surface area contributed by atoms with E-state index < -0.39 is 0 Å². The van der Waals surface area contributed by atoms with Crippen LogP contribution in [-0.4, -0.2) is 28.9 Å². The number of likely N-dealkylation sites (tertiary alicyclic amines) is 1. The maximum atomic E-state index is 12.5. The molecule has 1 aromatic rings. The van der Waals surface area contributed by atoms with Crippen LogP contribution in [0.5, 0.6) is 0 Å². The molecule has 0 saturated carbocycles. The fourth-order valence-corrected chi connectivity index (χ4v) is 3.55. The van der Waals surface area contributed by atoms with Crippen LogP contribution in [0.25, 0.3) is 0 Å². The number of anilines is 1. The van der Waals surface area contributed by atoms with Crippen LogP contribution in [-0.2, 0) is 0 Å². The molecular weight excluding hydrogens is 258 g/mol. The third kappa shape index (κ3) is 3.26. The molecule has 5 heteroatoms. The van der Waals surface area contributed by atoms with Gasteiger partial charge >= 0.3 is 0 Å². The van der Waals surface area contributed by atoms with Crippen molar-refractivity contribution in [2.75, 3.05) is 18.8 Å². The van der Waals surface area contributed by atoms with Gasteiger partial charge in [0.25, 0.3) is 5.91 Å². The van der Waals surface area contributed by atoms with Gasteiger partial charge in [-0.1, -0.05) is 25.2 Å². The molecule has 106 valence electrons. The summed E-state index contributed by atoms with van der Waals surface area (Å²) in [5.41, 5.74) is 6.44. The van der Waals surface area contributed by atoms with Gasteiger partial charge in [-0.25, -0.2) is 4.98 Å². The Kier molecular flexibility index (Phi) is 4.45. The molecule has 1 saturated heterocycles. The second-order valence-electron chi connectivity index (χ2n) is 5.69. The monoisotopic (exact) mass is 281 g/mol. The van der Waals surface area contributed by atoms with Crippen LogP contribution < -0.4 is 5.73 Å². The normalized spacial score (nSPS) is 20.6.